The number of amides is 1. The van der Waals surface area contributed by atoms with Gasteiger partial charge in [0, 0.05) is 12.1 Å². The molecule has 0 bridgehead atoms. The number of carbonyl (C=O) groups is 1. The summed E-state index contributed by atoms with van der Waals surface area (Å²) in [4.78, 5) is 15.9. The van der Waals surface area contributed by atoms with Gasteiger partial charge in [-0.25, -0.2) is 5.84 Å². The van der Waals surface area contributed by atoms with Gasteiger partial charge in [0.05, 0.1) is 0 Å². The molecular formula is C14H24N4O. The minimum absolute atomic E-state index is 0.253. The van der Waals surface area contributed by atoms with Gasteiger partial charge >= 0.3 is 0 Å². The lowest BCUT2D eigenvalue weighted by Gasteiger charge is -2.18. The predicted molar refractivity (Wildman–Crippen MR) is 77.6 cm³/mol. The van der Waals surface area contributed by atoms with Gasteiger partial charge < -0.3 is 9.80 Å². The highest BCUT2D eigenvalue weighted by atomic mass is 16.2. The van der Waals surface area contributed by atoms with E-state index in [1.165, 1.54) is 0 Å². The van der Waals surface area contributed by atoms with E-state index in [1.807, 2.05) is 18.2 Å². The third-order valence-electron chi connectivity index (χ3n) is 2.92. The molecule has 0 fully saturated rings. The van der Waals surface area contributed by atoms with E-state index in [-0.39, 0.29) is 5.91 Å². The third kappa shape index (κ3) is 5.83. The molecule has 5 nitrogen and oxygen atoms in total. The molecule has 0 saturated heterocycles. The molecule has 0 heterocycles. The number of rotatable bonds is 7. The van der Waals surface area contributed by atoms with Crippen molar-refractivity contribution in [1.82, 2.24) is 15.2 Å². The molecule has 0 saturated carbocycles. The second kappa shape index (κ2) is 7.89. The molecule has 19 heavy (non-hydrogen) atoms. The van der Waals surface area contributed by atoms with Gasteiger partial charge in [-0.2, -0.15) is 0 Å². The Bertz CT molecular complexity index is 406. The van der Waals surface area contributed by atoms with Gasteiger partial charge in [0.1, 0.15) is 0 Å². The fraction of sp³-hybridized carbons (Fsp3) is 0.500. The first-order valence-electron chi connectivity index (χ1n) is 6.46. The monoisotopic (exact) mass is 264 g/mol. The summed E-state index contributed by atoms with van der Waals surface area (Å²) >= 11 is 0. The third-order valence-corrected chi connectivity index (χ3v) is 2.92. The topological polar surface area (TPSA) is 61.6 Å². The van der Waals surface area contributed by atoms with E-state index >= 15 is 0 Å². The van der Waals surface area contributed by atoms with Crippen molar-refractivity contribution in [3.63, 3.8) is 0 Å². The largest absolute Gasteiger partial charge is 0.309 e. The van der Waals surface area contributed by atoms with Crippen molar-refractivity contribution < 1.29 is 4.79 Å². The maximum atomic E-state index is 11.4. The molecular weight excluding hydrogens is 240 g/mol. The molecule has 3 N–H and O–H groups in total. The minimum atomic E-state index is -0.253. The number of hydrazine groups is 1. The number of nitrogens with two attached hydrogens (primary N) is 1. The molecule has 1 amide bonds. The van der Waals surface area contributed by atoms with Crippen LogP contribution in [-0.2, 0) is 6.54 Å². The Labute approximate surface area is 115 Å². The van der Waals surface area contributed by atoms with Crippen LogP contribution in [0, 0.1) is 0 Å². The molecule has 0 aromatic heterocycles. The van der Waals surface area contributed by atoms with Crippen LogP contribution in [0.5, 0.6) is 0 Å². The van der Waals surface area contributed by atoms with Crippen LogP contribution in [0.3, 0.4) is 0 Å². The molecule has 0 spiro atoms. The maximum Gasteiger partial charge on any atom is 0.265 e. The predicted octanol–water partition coefficient (Wildman–Crippen LogP) is 0.674. The van der Waals surface area contributed by atoms with Gasteiger partial charge in [-0.05, 0) is 58.3 Å². The van der Waals surface area contributed by atoms with Crippen LogP contribution in [0.4, 0.5) is 0 Å². The summed E-state index contributed by atoms with van der Waals surface area (Å²) in [7, 11) is 6.25. The Morgan fingerprint density at radius 3 is 2.63 bits per heavy atom. The average molecular weight is 264 g/mol. The van der Waals surface area contributed by atoms with Gasteiger partial charge in [-0.1, -0.05) is 12.1 Å². The zero-order valence-corrected chi connectivity index (χ0v) is 12.0. The Morgan fingerprint density at radius 1 is 1.26 bits per heavy atom. The number of carbonyl (C=O) groups excluding carboxylic acids is 1. The number of hydrogen-bond acceptors (Lipinski definition) is 4. The van der Waals surface area contributed by atoms with Crippen molar-refractivity contribution >= 4 is 5.91 Å². The molecule has 1 aromatic rings. The summed E-state index contributed by atoms with van der Waals surface area (Å²) in [5.41, 5.74) is 3.87. The van der Waals surface area contributed by atoms with Crippen LogP contribution in [-0.4, -0.2) is 49.9 Å². The second-order valence-corrected chi connectivity index (χ2v) is 5.07. The minimum Gasteiger partial charge on any atom is -0.309 e. The lowest BCUT2D eigenvalue weighted by molar-refractivity contribution is 0.0953. The number of nitrogens with one attached hydrogen (secondary N) is 1. The Morgan fingerprint density at radius 2 is 2.00 bits per heavy atom. The first kappa shape index (κ1) is 15.6. The van der Waals surface area contributed by atoms with Crippen LogP contribution in [0.25, 0.3) is 0 Å². The molecule has 5 heteroatoms. The van der Waals surface area contributed by atoms with Crippen molar-refractivity contribution in [2.45, 2.75) is 13.0 Å². The number of hydrogen-bond donors (Lipinski definition) is 2. The molecule has 1 aromatic carbocycles. The number of nitrogens with zero attached hydrogens (tertiary/aromatic N) is 2. The van der Waals surface area contributed by atoms with Crippen molar-refractivity contribution in [2.75, 3.05) is 34.2 Å². The summed E-state index contributed by atoms with van der Waals surface area (Å²) in [6, 6.07) is 7.55. The standard InChI is InChI=1S/C14H24N4O/c1-17(2)8-5-9-18(3)11-12-6-4-7-13(10-12)14(19)16-15/h4,6-7,10H,5,8-9,11,15H2,1-3H3,(H,16,19). The van der Waals surface area contributed by atoms with Crippen molar-refractivity contribution in [3.8, 4) is 0 Å². The zero-order chi connectivity index (χ0) is 14.3. The summed E-state index contributed by atoms with van der Waals surface area (Å²) in [6.07, 6.45) is 1.13. The Hall–Kier alpha value is -1.43. The van der Waals surface area contributed by atoms with Gasteiger partial charge in [-0.15, -0.1) is 0 Å². The number of nitrogen functional groups attached to an aromatic ring is 1. The Balaban J connectivity index is 2.50. The quantitative estimate of drug-likeness (QED) is 0.432. The van der Waals surface area contributed by atoms with E-state index < -0.39 is 0 Å². The van der Waals surface area contributed by atoms with E-state index in [2.05, 4.69) is 36.4 Å². The highest BCUT2D eigenvalue weighted by Gasteiger charge is 2.06. The van der Waals surface area contributed by atoms with E-state index in [0.29, 0.717) is 5.56 Å². The van der Waals surface area contributed by atoms with Crippen LogP contribution in [0.2, 0.25) is 0 Å². The highest BCUT2D eigenvalue weighted by molar-refractivity contribution is 5.93. The van der Waals surface area contributed by atoms with Gasteiger partial charge in [0.2, 0.25) is 0 Å². The summed E-state index contributed by atoms with van der Waals surface area (Å²) in [6.45, 7) is 2.95. The van der Waals surface area contributed by atoms with E-state index in [4.69, 9.17) is 5.84 Å². The van der Waals surface area contributed by atoms with Crippen LogP contribution < -0.4 is 11.3 Å². The van der Waals surface area contributed by atoms with Crippen LogP contribution in [0.1, 0.15) is 22.3 Å². The summed E-state index contributed by atoms with van der Waals surface area (Å²) < 4.78 is 0. The highest BCUT2D eigenvalue weighted by Crippen LogP contribution is 2.08. The molecule has 106 valence electrons. The molecule has 0 aliphatic heterocycles. The fourth-order valence-electron chi connectivity index (χ4n) is 1.94. The van der Waals surface area contributed by atoms with E-state index in [0.717, 1.165) is 31.6 Å². The lowest BCUT2D eigenvalue weighted by atomic mass is 10.1. The smallest absolute Gasteiger partial charge is 0.265 e. The average Bonchev–Trinajstić information content (AvgIpc) is 2.37. The molecule has 0 radical (unpaired) electrons. The van der Waals surface area contributed by atoms with E-state index in [1.54, 1.807) is 6.07 Å². The van der Waals surface area contributed by atoms with Gasteiger partial charge in [-0.3, -0.25) is 10.2 Å². The normalized spacial score (nSPS) is 11.1. The van der Waals surface area contributed by atoms with Gasteiger partial charge in [0.25, 0.3) is 5.91 Å². The van der Waals surface area contributed by atoms with E-state index in [9.17, 15) is 4.79 Å². The van der Waals surface area contributed by atoms with Crippen LogP contribution in [0.15, 0.2) is 24.3 Å². The maximum absolute atomic E-state index is 11.4. The zero-order valence-electron chi connectivity index (χ0n) is 12.0. The molecule has 0 unspecified atom stereocenters. The van der Waals surface area contributed by atoms with Crippen LogP contribution >= 0.6 is 0 Å². The molecule has 0 atom stereocenters. The second-order valence-electron chi connectivity index (χ2n) is 5.07. The summed E-state index contributed by atoms with van der Waals surface area (Å²) in [5.74, 6) is 4.88. The summed E-state index contributed by atoms with van der Waals surface area (Å²) in [5, 5.41) is 0. The molecule has 0 aliphatic rings. The lowest BCUT2D eigenvalue weighted by Crippen LogP contribution is -2.30. The van der Waals surface area contributed by atoms with Crippen molar-refractivity contribution in [2.24, 2.45) is 5.84 Å². The fourth-order valence-corrected chi connectivity index (χ4v) is 1.94. The Kier molecular flexibility index (Phi) is 6.49. The van der Waals surface area contributed by atoms with Gasteiger partial charge in [0.15, 0.2) is 0 Å². The molecule has 0 aliphatic carbocycles. The SMILES string of the molecule is CN(C)CCCN(C)Cc1cccc(C(=O)NN)c1. The number of benzene rings is 1. The first-order chi connectivity index (χ1) is 9.02. The first-order valence-corrected chi connectivity index (χ1v) is 6.46. The molecule has 1 rings (SSSR count). The van der Waals surface area contributed by atoms with Crippen molar-refractivity contribution in [3.05, 3.63) is 35.4 Å². The van der Waals surface area contributed by atoms with Crippen molar-refractivity contribution in [1.29, 1.82) is 0 Å².